The summed E-state index contributed by atoms with van der Waals surface area (Å²) in [6.07, 6.45) is 0. The lowest BCUT2D eigenvalue weighted by Gasteiger charge is -2.30. The molecule has 2 N–H and O–H groups in total. The first kappa shape index (κ1) is 18.6. The van der Waals surface area contributed by atoms with Crippen LogP contribution in [0.1, 0.15) is 58.5 Å². The Bertz CT molecular complexity index is 736. The van der Waals surface area contributed by atoms with Crippen LogP contribution >= 0.6 is 11.8 Å². The second-order valence-corrected chi connectivity index (χ2v) is 8.88. The number of hydrogen-bond donors (Lipinski definition) is 2. The zero-order chi connectivity index (χ0) is 18.0. The summed E-state index contributed by atoms with van der Waals surface area (Å²) in [6.45, 7) is 13.4. The van der Waals surface area contributed by atoms with E-state index in [1.54, 1.807) is 11.8 Å². The van der Waals surface area contributed by atoms with Gasteiger partial charge < -0.3 is 4.74 Å². The number of ether oxygens (including phenoxy) is 1. The summed E-state index contributed by atoms with van der Waals surface area (Å²) >= 11 is 1.56. The van der Waals surface area contributed by atoms with Crippen LogP contribution in [0, 0.1) is 0 Å². The first-order valence-corrected chi connectivity index (χ1v) is 9.22. The quantitative estimate of drug-likeness (QED) is 0.633. The van der Waals surface area contributed by atoms with Crippen LogP contribution in [-0.2, 0) is 16.6 Å². The molecule has 2 aromatic rings. The Hall–Kier alpha value is -1.69. The summed E-state index contributed by atoms with van der Waals surface area (Å²) in [5.41, 5.74) is 2.54. The van der Waals surface area contributed by atoms with Gasteiger partial charge in [-0.3, -0.25) is 4.98 Å². The Labute approximate surface area is 147 Å². The van der Waals surface area contributed by atoms with Gasteiger partial charge in [-0.25, -0.2) is 9.89 Å². The van der Waals surface area contributed by atoms with Crippen molar-refractivity contribution >= 4 is 11.8 Å². The molecule has 0 aliphatic heterocycles. The third kappa shape index (κ3) is 4.90. The highest BCUT2D eigenvalue weighted by Crippen LogP contribution is 2.36. The smallest absolute Gasteiger partial charge is 0.340 e. The molecule has 0 saturated carbocycles. The number of thioether (sulfide) groups is 1. The van der Waals surface area contributed by atoms with Crippen molar-refractivity contribution in [3.05, 3.63) is 45.6 Å². The van der Waals surface area contributed by atoms with Gasteiger partial charge in [0.1, 0.15) is 17.5 Å². The minimum Gasteiger partial charge on any atom is -0.483 e. The summed E-state index contributed by atoms with van der Waals surface area (Å²) in [4.78, 5) is 13.6. The van der Waals surface area contributed by atoms with Crippen molar-refractivity contribution < 1.29 is 4.74 Å². The van der Waals surface area contributed by atoms with E-state index in [0.717, 1.165) is 5.75 Å². The highest BCUT2D eigenvalue weighted by molar-refractivity contribution is 7.98. The number of hydrogen-bond acceptors (Lipinski definition) is 4. The van der Waals surface area contributed by atoms with Gasteiger partial charge in [0, 0.05) is 0 Å². The van der Waals surface area contributed by atoms with E-state index in [2.05, 4.69) is 68.9 Å². The van der Waals surface area contributed by atoms with Gasteiger partial charge in [0.05, 0.1) is 5.75 Å². The number of H-pyrrole nitrogens is 2. The fraction of sp³-hybridized carbons (Fsp3) is 0.556. The van der Waals surface area contributed by atoms with Crippen LogP contribution in [-0.4, -0.2) is 21.1 Å². The summed E-state index contributed by atoms with van der Waals surface area (Å²) in [5, 5.41) is 6.23. The Morgan fingerprint density at radius 1 is 1.08 bits per heavy atom. The topological polar surface area (TPSA) is 70.8 Å². The highest BCUT2D eigenvalue weighted by atomic mass is 32.2. The van der Waals surface area contributed by atoms with Crippen molar-refractivity contribution in [3.8, 4) is 5.75 Å². The summed E-state index contributed by atoms with van der Waals surface area (Å²) < 4.78 is 5.87. The molecule has 6 heteroatoms. The van der Waals surface area contributed by atoms with Crippen molar-refractivity contribution in [3.63, 3.8) is 0 Å². The monoisotopic (exact) mass is 349 g/mol. The highest BCUT2D eigenvalue weighted by Gasteiger charge is 2.25. The van der Waals surface area contributed by atoms with Crippen molar-refractivity contribution in [1.29, 1.82) is 0 Å². The van der Waals surface area contributed by atoms with E-state index in [1.165, 1.54) is 11.1 Å². The van der Waals surface area contributed by atoms with E-state index in [-0.39, 0.29) is 16.5 Å². The van der Waals surface area contributed by atoms with Gasteiger partial charge in [-0.2, -0.15) is 5.10 Å². The molecule has 0 aliphatic carbocycles. The van der Waals surface area contributed by atoms with Crippen molar-refractivity contribution in [1.82, 2.24) is 15.2 Å². The lowest BCUT2D eigenvalue weighted by molar-refractivity contribution is 0.390. The zero-order valence-electron chi connectivity index (χ0n) is 15.3. The number of rotatable bonds is 5. The van der Waals surface area contributed by atoms with Crippen LogP contribution in [0.2, 0.25) is 0 Å². The second kappa shape index (κ2) is 7.05. The van der Waals surface area contributed by atoms with Gasteiger partial charge in [0.2, 0.25) is 0 Å². The Morgan fingerprint density at radius 2 is 1.75 bits per heavy atom. The SMILES string of the molecule is CC(C)(C)c1ccc(OCSCc2n[nH]c(=O)[nH]2)cc1C(C)(C)C. The maximum absolute atomic E-state index is 11.0. The minimum absolute atomic E-state index is 0.0592. The summed E-state index contributed by atoms with van der Waals surface area (Å²) in [7, 11) is 0. The number of benzene rings is 1. The molecule has 0 fully saturated rings. The average Bonchev–Trinajstić information content (AvgIpc) is 2.87. The first-order chi connectivity index (χ1) is 11.1. The molecule has 0 bridgehead atoms. The summed E-state index contributed by atoms with van der Waals surface area (Å²) in [6, 6.07) is 6.36. The van der Waals surface area contributed by atoms with E-state index in [1.807, 2.05) is 6.07 Å². The molecular formula is C18H27N3O2S. The van der Waals surface area contributed by atoms with Crippen molar-refractivity contribution in [2.75, 3.05) is 5.94 Å². The van der Waals surface area contributed by atoms with E-state index in [4.69, 9.17) is 4.74 Å². The van der Waals surface area contributed by atoms with Gasteiger partial charge in [0.15, 0.2) is 0 Å². The van der Waals surface area contributed by atoms with Crippen LogP contribution < -0.4 is 10.4 Å². The van der Waals surface area contributed by atoms with E-state index >= 15 is 0 Å². The fourth-order valence-electron chi connectivity index (χ4n) is 2.51. The van der Waals surface area contributed by atoms with Gasteiger partial charge in [0.25, 0.3) is 0 Å². The van der Waals surface area contributed by atoms with Crippen LogP contribution in [0.15, 0.2) is 23.0 Å². The second-order valence-electron chi connectivity index (χ2n) is 7.94. The van der Waals surface area contributed by atoms with E-state index in [9.17, 15) is 4.79 Å². The van der Waals surface area contributed by atoms with Crippen LogP contribution in [0.5, 0.6) is 5.75 Å². The van der Waals surface area contributed by atoms with Crippen LogP contribution in [0.25, 0.3) is 0 Å². The van der Waals surface area contributed by atoms with Crippen LogP contribution in [0.3, 0.4) is 0 Å². The van der Waals surface area contributed by atoms with Gasteiger partial charge >= 0.3 is 5.69 Å². The maximum atomic E-state index is 11.0. The number of nitrogens with one attached hydrogen (secondary N) is 2. The Balaban J connectivity index is 2.04. The molecule has 132 valence electrons. The largest absolute Gasteiger partial charge is 0.483 e. The molecule has 1 aromatic carbocycles. The number of aromatic nitrogens is 3. The lowest BCUT2D eigenvalue weighted by Crippen LogP contribution is -2.22. The fourth-order valence-corrected chi connectivity index (χ4v) is 3.14. The number of aromatic amines is 2. The van der Waals surface area contributed by atoms with Gasteiger partial charge in [-0.1, -0.05) is 47.6 Å². The Kier molecular flexibility index (Phi) is 5.48. The van der Waals surface area contributed by atoms with Crippen molar-refractivity contribution in [2.24, 2.45) is 0 Å². The van der Waals surface area contributed by atoms with Crippen molar-refractivity contribution in [2.45, 2.75) is 58.1 Å². The minimum atomic E-state index is -0.279. The van der Waals surface area contributed by atoms with Crippen LogP contribution in [0.4, 0.5) is 0 Å². The molecule has 0 atom stereocenters. The standard InChI is InChI=1S/C18H27N3O2S/c1-17(2,3)13-8-7-12(9-14(13)18(4,5)6)23-11-24-10-15-19-16(22)21-20-15/h7-9H,10-11H2,1-6H3,(H2,19,20,21,22). The summed E-state index contributed by atoms with van der Waals surface area (Å²) in [5.74, 6) is 2.61. The molecule has 2 rings (SSSR count). The van der Waals surface area contributed by atoms with Gasteiger partial charge in [-0.05, 0) is 34.1 Å². The van der Waals surface area contributed by atoms with E-state index in [0.29, 0.717) is 17.5 Å². The molecule has 0 amide bonds. The molecule has 1 heterocycles. The predicted octanol–water partition coefficient (Wildman–Crippen LogP) is 3.96. The Morgan fingerprint density at radius 3 is 2.29 bits per heavy atom. The molecule has 0 unspecified atom stereocenters. The van der Waals surface area contributed by atoms with Gasteiger partial charge in [-0.15, -0.1) is 11.8 Å². The predicted molar refractivity (Wildman–Crippen MR) is 99.8 cm³/mol. The maximum Gasteiger partial charge on any atom is 0.340 e. The molecule has 24 heavy (non-hydrogen) atoms. The molecule has 0 saturated heterocycles. The molecule has 5 nitrogen and oxygen atoms in total. The molecular weight excluding hydrogens is 322 g/mol. The van der Waals surface area contributed by atoms with E-state index < -0.39 is 0 Å². The average molecular weight is 350 g/mol. The zero-order valence-corrected chi connectivity index (χ0v) is 16.1. The lowest BCUT2D eigenvalue weighted by atomic mass is 9.75. The molecule has 0 spiro atoms. The normalized spacial score (nSPS) is 12.4. The molecule has 0 radical (unpaired) electrons. The first-order valence-electron chi connectivity index (χ1n) is 8.06. The third-order valence-electron chi connectivity index (χ3n) is 3.70. The number of nitrogens with zero attached hydrogens (tertiary/aromatic N) is 1. The molecule has 0 aliphatic rings. The molecule has 1 aromatic heterocycles. The third-order valence-corrected chi connectivity index (χ3v) is 4.47.